The summed E-state index contributed by atoms with van der Waals surface area (Å²) in [7, 11) is 0. The number of benzene rings is 2. The van der Waals surface area contributed by atoms with Crippen LogP contribution in [0.4, 0.5) is 33.6 Å². The van der Waals surface area contributed by atoms with Crippen LogP contribution in [-0.2, 0) is 9.47 Å². The highest BCUT2D eigenvalue weighted by atomic mass is 127. The summed E-state index contributed by atoms with van der Waals surface area (Å²) in [6.07, 6.45) is 0.334. The van der Waals surface area contributed by atoms with Gasteiger partial charge in [-0.3, -0.25) is 10.2 Å². The lowest BCUT2D eigenvalue weighted by Gasteiger charge is -2.35. The maximum atomic E-state index is 17.6. The van der Waals surface area contributed by atoms with Gasteiger partial charge in [-0.05, 0) is 121 Å². The minimum atomic E-state index is -0.982. The van der Waals surface area contributed by atoms with Gasteiger partial charge in [0.05, 0.1) is 27.9 Å². The molecule has 2 aromatic heterocycles. The molecule has 3 aliphatic rings. The van der Waals surface area contributed by atoms with Crippen LogP contribution in [0.3, 0.4) is 0 Å². The molecule has 59 heavy (non-hydrogen) atoms. The topological polar surface area (TPSA) is 133 Å². The van der Waals surface area contributed by atoms with Crippen molar-refractivity contribution in [3.05, 3.63) is 39.0 Å². The van der Waals surface area contributed by atoms with Gasteiger partial charge in [-0.15, -0.1) is 11.3 Å². The number of likely N-dealkylation sites (N-methyl/N-ethyl adjacent to an activating group) is 1. The predicted molar refractivity (Wildman–Crippen MR) is 230 cm³/mol. The van der Waals surface area contributed by atoms with Crippen LogP contribution in [0.25, 0.3) is 32.1 Å². The van der Waals surface area contributed by atoms with Crippen LogP contribution in [0.15, 0.2) is 18.2 Å². The number of rotatable bonds is 8. The monoisotopic (exact) mass is 947 g/mol. The molecule has 3 saturated heterocycles. The van der Waals surface area contributed by atoms with Crippen LogP contribution >= 0.6 is 33.9 Å². The molecule has 4 atom stereocenters. The number of anilines is 2. The van der Waals surface area contributed by atoms with Gasteiger partial charge in [-0.1, -0.05) is 6.07 Å². The van der Waals surface area contributed by atoms with Gasteiger partial charge >= 0.3 is 18.2 Å². The van der Waals surface area contributed by atoms with Crippen LogP contribution in [0, 0.1) is 26.5 Å². The Labute approximate surface area is 359 Å². The molecule has 2 aromatic carbocycles. The minimum absolute atomic E-state index is 0.0434. The molecule has 0 aliphatic carbocycles. The van der Waals surface area contributed by atoms with E-state index in [1.54, 1.807) is 31.7 Å². The molecule has 316 valence electrons. The number of ether oxygens (including phenoxy) is 3. The van der Waals surface area contributed by atoms with Gasteiger partial charge in [0.2, 0.25) is 0 Å². The molecule has 17 heteroatoms. The molecular weight excluding hydrogens is 898 g/mol. The van der Waals surface area contributed by atoms with Crippen molar-refractivity contribution in [2.45, 2.75) is 116 Å². The van der Waals surface area contributed by atoms with Gasteiger partial charge < -0.3 is 24.0 Å². The summed E-state index contributed by atoms with van der Waals surface area (Å²) >= 11 is 2.88. The highest BCUT2D eigenvalue weighted by Crippen LogP contribution is 2.47. The van der Waals surface area contributed by atoms with Crippen LogP contribution < -0.4 is 15.0 Å². The normalized spacial score (nSPS) is 22.2. The number of fused-ring (bicyclic) bond motifs is 3. The predicted octanol–water partition coefficient (Wildman–Crippen LogP) is 9.79. The molecule has 2 amide bonds. The van der Waals surface area contributed by atoms with Crippen molar-refractivity contribution in [1.82, 2.24) is 19.8 Å². The molecule has 3 aliphatic heterocycles. The van der Waals surface area contributed by atoms with Crippen LogP contribution in [0.2, 0.25) is 0 Å². The van der Waals surface area contributed by atoms with Crippen molar-refractivity contribution >= 4 is 77.9 Å². The summed E-state index contributed by atoms with van der Waals surface area (Å²) in [5, 5.41) is 13.6. The van der Waals surface area contributed by atoms with Gasteiger partial charge in [0.25, 0.3) is 0 Å². The quantitative estimate of drug-likeness (QED) is 0.170. The molecule has 0 spiro atoms. The Bertz CT molecular complexity index is 2360. The molecule has 0 radical (unpaired) electrons. The maximum absolute atomic E-state index is 17.6. The zero-order chi connectivity index (χ0) is 42.8. The Balaban J connectivity index is 1.36. The molecule has 0 bridgehead atoms. The van der Waals surface area contributed by atoms with Crippen LogP contribution in [0.5, 0.6) is 6.01 Å². The van der Waals surface area contributed by atoms with E-state index in [4.69, 9.17) is 19.2 Å². The molecule has 5 heterocycles. The molecular formula is C42H49F3IN7O5S. The number of hydrogen-bond donors (Lipinski definition) is 1. The summed E-state index contributed by atoms with van der Waals surface area (Å²) < 4.78 is 65.9. The number of carbonyl (C=O) groups excluding carboxylic acids is 2. The lowest BCUT2D eigenvalue weighted by Crippen LogP contribution is -2.47. The number of alkyl halides is 1. The van der Waals surface area contributed by atoms with E-state index in [1.807, 2.05) is 62.1 Å². The van der Waals surface area contributed by atoms with E-state index in [9.17, 15) is 19.2 Å². The first-order chi connectivity index (χ1) is 27.7. The number of likely N-dealkylation sites (tertiary alicyclic amines) is 1. The molecule has 0 unspecified atom stereocenters. The fraction of sp³-hybridized carbons (Fsp3) is 0.548. The first-order valence-electron chi connectivity index (χ1n) is 19.9. The molecule has 0 saturated carbocycles. The Morgan fingerprint density at radius 3 is 2.54 bits per heavy atom. The number of amides is 2. The van der Waals surface area contributed by atoms with E-state index < -0.39 is 46.7 Å². The van der Waals surface area contributed by atoms with E-state index in [1.165, 1.54) is 12.1 Å². The zero-order valence-electron chi connectivity index (χ0n) is 34.5. The number of halogens is 4. The Kier molecular flexibility index (Phi) is 11.7. The molecule has 7 rings (SSSR count). The third-order valence-corrected chi connectivity index (χ3v) is 13.2. The minimum Gasteiger partial charge on any atom is -0.461 e. The van der Waals surface area contributed by atoms with Crippen LogP contribution in [-0.4, -0.2) is 99.7 Å². The summed E-state index contributed by atoms with van der Waals surface area (Å²) in [6.45, 7) is 16.5. The van der Waals surface area contributed by atoms with Crippen molar-refractivity contribution in [3.63, 3.8) is 0 Å². The van der Waals surface area contributed by atoms with Crippen molar-refractivity contribution in [2.75, 3.05) is 43.0 Å². The third-order valence-electron chi connectivity index (χ3n) is 11.2. The van der Waals surface area contributed by atoms with E-state index in [-0.39, 0.29) is 62.0 Å². The summed E-state index contributed by atoms with van der Waals surface area (Å²) in [4.78, 5) is 41.5. The lowest BCUT2D eigenvalue weighted by molar-refractivity contribution is 0.0232. The van der Waals surface area contributed by atoms with Crippen molar-refractivity contribution < 1.29 is 37.0 Å². The van der Waals surface area contributed by atoms with E-state index in [0.29, 0.717) is 47.3 Å². The highest BCUT2D eigenvalue weighted by molar-refractivity contribution is 14.1. The van der Waals surface area contributed by atoms with Gasteiger partial charge in [0.1, 0.15) is 52.2 Å². The lowest BCUT2D eigenvalue weighted by atomic mass is 9.95. The Hall–Kier alpha value is -4.15. The maximum Gasteiger partial charge on any atom is 0.412 e. The molecule has 12 nitrogen and oxygen atoms in total. The average molecular weight is 948 g/mol. The number of hydrogen-bond acceptors (Lipinski definition) is 11. The van der Waals surface area contributed by atoms with Gasteiger partial charge in [0.15, 0.2) is 5.82 Å². The smallest absolute Gasteiger partial charge is 0.412 e. The Morgan fingerprint density at radius 1 is 1.14 bits per heavy atom. The second kappa shape index (κ2) is 16.0. The van der Waals surface area contributed by atoms with Gasteiger partial charge in [-0.25, -0.2) is 22.8 Å². The van der Waals surface area contributed by atoms with E-state index in [0.717, 1.165) is 30.7 Å². The number of nitriles is 1. The molecule has 1 N–H and O–H groups in total. The van der Waals surface area contributed by atoms with Gasteiger partial charge in [-0.2, -0.15) is 15.2 Å². The second-order valence-electron chi connectivity index (χ2n) is 17.5. The number of thiophene rings is 1. The van der Waals surface area contributed by atoms with Crippen molar-refractivity contribution in [3.8, 4) is 23.2 Å². The Morgan fingerprint density at radius 2 is 1.86 bits per heavy atom. The standard InChI is InChI=1S/C42H49F3IN7O5S/c1-9-52(29-13-16-53(22(29)2)39(55)58-41(6,7)8)35-25-17-28(46)31(32(45)33(25)48-37(49-35)56-21-42-14-10-15-51(42)20-23(43)18-42)24-11-12-27(44)34-30(24)26(19-47)36(59-34)50-38(54)57-40(3,4)5/h11-12,17,22-23,29H,9-10,13-16,18,20-21H2,1-8H3,(H,50,54)/t22-,23-,29-,42+/m1/s1. The van der Waals surface area contributed by atoms with Crippen LogP contribution in [0.1, 0.15) is 86.6 Å². The first kappa shape index (κ1) is 43.0. The van der Waals surface area contributed by atoms with Gasteiger partial charge in [0, 0.05) is 46.0 Å². The summed E-state index contributed by atoms with van der Waals surface area (Å²) in [6, 6.07) is 5.85. The average Bonchev–Trinajstić information content (AvgIpc) is 3.88. The zero-order valence-corrected chi connectivity index (χ0v) is 37.4. The SMILES string of the molecule is CCN(c1nc(OC[C@@]23CCCN2C[C@H](F)C3)nc2c(F)c(-c3ccc(F)c4sc(NC(=O)OC(C)(C)C)c(C#N)c34)c(I)cc12)[C@@H]1CCN(C(=O)OC(C)(C)C)[C@@H]1C. The molecule has 4 aromatic rings. The largest absolute Gasteiger partial charge is 0.461 e. The summed E-state index contributed by atoms with van der Waals surface area (Å²) in [5.41, 5.74) is -1.85. The van der Waals surface area contributed by atoms with Crippen molar-refractivity contribution in [2.24, 2.45) is 0 Å². The van der Waals surface area contributed by atoms with E-state index >= 15 is 8.78 Å². The van der Waals surface area contributed by atoms with E-state index in [2.05, 4.69) is 21.3 Å². The molecule has 3 fully saturated rings. The second-order valence-corrected chi connectivity index (χ2v) is 19.7. The third kappa shape index (κ3) is 8.33. The number of aromatic nitrogens is 2. The number of nitrogens with zero attached hydrogens (tertiary/aromatic N) is 6. The highest BCUT2D eigenvalue weighted by Gasteiger charge is 2.49. The first-order valence-corrected chi connectivity index (χ1v) is 21.8. The van der Waals surface area contributed by atoms with Crippen molar-refractivity contribution in [1.29, 1.82) is 5.26 Å². The fourth-order valence-corrected chi connectivity index (χ4v) is 10.7. The fourth-order valence-electron chi connectivity index (χ4n) is 8.77. The summed E-state index contributed by atoms with van der Waals surface area (Å²) in [5.74, 6) is -0.997. The number of nitrogens with one attached hydrogen (secondary N) is 1. The number of carbonyl (C=O) groups is 2.